The van der Waals surface area contributed by atoms with Crippen molar-refractivity contribution in [2.24, 2.45) is 0 Å². The second kappa shape index (κ2) is 7.75. The minimum atomic E-state index is -4.74. The number of para-hydroxylation sites is 2. The molecule has 0 aliphatic rings. The number of ether oxygens (including phenoxy) is 1. The van der Waals surface area contributed by atoms with Crippen molar-refractivity contribution < 1.29 is 28.4 Å². The predicted octanol–water partition coefficient (Wildman–Crippen LogP) is 1.73. The molecule has 0 radical (unpaired) electrons. The number of benzene rings is 2. The van der Waals surface area contributed by atoms with Gasteiger partial charge in [-0.3, -0.25) is 9.79 Å². The van der Waals surface area contributed by atoms with Crippen molar-refractivity contribution in [1.82, 2.24) is 0 Å². The standard InChI is InChI=1S/C13H11O6P.Na.H/c14-13(18-10-6-2-1-3-7-10)11-8-4-5-9-12(11)19-20(15,16)17;;/h1-9H,(H2,15,16,17);;. The molecule has 0 aliphatic heterocycles. The molecule has 0 saturated heterocycles. The fraction of sp³-hybridized carbons (Fsp3) is 0. The van der Waals surface area contributed by atoms with Crippen molar-refractivity contribution in [3.63, 3.8) is 0 Å². The summed E-state index contributed by atoms with van der Waals surface area (Å²) in [6.45, 7) is 0. The van der Waals surface area contributed by atoms with Crippen LogP contribution in [-0.4, -0.2) is 45.3 Å². The van der Waals surface area contributed by atoms with Crippen LogP contribution >= 0.6 is 7.82 Å². The van der Waals surface area contributed by atoms with E-state index in [2.05, 4.69) is 4.52 Å². The van der Waals surface area contributed by atoms with Crippen LogP contribution < -0.4 is 9.26 Å². The van der Waals surface area contributed by atoms with Crippen molar-refractivity contribution in [1.29, 1.82) is 0 Å². The summed E-state index contributed by atoms with van der Waals surface area (Å²) >= 11 is 0. The molecule has 2 aromatic carbocycles. The van der Waals surface area contributed by atoms with Gasteiger partial charge in [-0.1, -0.05) is 30.3 Å². The molecule has 0 heterocycles. The summed E-state index contributed by atoms with van der Waals surface area (Å²) < 4.78 is 20.4. The topological polar surface area (TPSA) is 93.1 Å². The van der Waals surface area contributed by atoms with Gasteiger partial charge in [-0.15, -0.1) is 0 Å². The van der Waals surface area contributed by atoms with Crippen molar-refractivity contribution in [2.75, 3.05) is 0 Å². The zero-order valence-corrected chi connectivity index (χ0v) is 11.1. The fourth-order valence-electron chi connectivity index (χ4n) is 1.49. The van der Waals surface area contributed by atoms with Crippen LogP contribution in [0.2, 0.25) is 0 Å². The number of phosphoric acid groups is 1. The molecule has 0 amide bonds. The van der Waals surface area contributed by atoms with E-state index in [4.69, 9.17) is 14.5 Å². The molecule has 0 bridgehead atoms. The van der Waals surface area contributed by atoms with Crippen LogP contribution in [0.1, 0.15) is 10.4 Å². The Morgan fingerprint density at radius 2 is 1.52 bits per heavy atom. The Hall–Kier alpha value is -1.14. The third-order valence-electron chi connectivity index (χ3n) is 2.28. The molecular weight excluding hydrogens is 306 g/mol. The number of phosphoric ester groups is 1. The van der Waals surface area contributed by atoms with Crippen molar-refractivity contribution in [3.05, 3.63) is 60.2 Å². The van der Waals surface area contributed by atoms with Crippen molar-refractivity contribution in [2.45, 2.75) is 0 Å². The molecule has 106 valence electrons. The van der Waals surface area contributed by atoms with Gasteiger partial charge in [0.2, 0.25) is 0 Å². The van der Waals surface area contributed by atoms with Gasteiger partial charge in [0.15, 0.2) is 0 Å². The summed E-state index contributed by atoms with van der Waals surface area (Å²) in [7, 11) is -4.74. The molecule has 8 heteroatoms. The molecule has 2 rings (SSSR count). The SMILES string of the molecule is O=C(Oc1ccccc1)c1ccccc1OP(=O)(O)O.[NaH]. The second-order valence-corrected chi connectivity index (χ2v) is 4.94. The molecule has 21 heavy (non-hydrogen) atoms. The zero-order chi connectivity index (χ0) is 14.6. The number of esters is 1. The first-order chi connectivity index (χ1) is 9.46. The Kier molecular flexibility index (Phi) is 6.61. The molecule has 0 aromatic heterocycles. The molecule has 0 spiro atoms. The van der Waals surface area contributed by atoms with E-state index in [1.54, 1.807) is 30.3 Å². The molecule has 0 unspecified atom stereocenters. The quantitative estimate of drug-likeness (QED) is 0.386. The summed E-state index contributed by atoms with van der Waals surface area (Å²) in [5, 5.41) is 0. The van der Waals surface area contributed by atoms with Crippen LogP contribution in [0.4, 0.5) is 0 Å². The summed E-state index contributed by atoms with van der Waals surface area (Å²) in [5.74, 6) is -0.675. The average molecular weight is 318 g/mol. The number of rotatable bonds is 4. The first-order valence-electron chi connectivity index (χ1n) is 5.57. The third kappa shape index (κ3) is 5.63. The maximum absolute atomic E-state index is 12.0. The van der Waals surface area contributed by atoms with Gasteiger partial charge in [-0.2, -0.15) is 0 Å². The van der Waals surface area contributed by atoms with Gasteiger partial charge in [0.25, 0.3) is 0 Å². The molecule has 0 fully saturated rings. The van der Waals surface area contributed by atoms with Gasteiger partial charge in [0, 0.05) is 0 Å². The summed E-state index contributed by atoms with van der Waals surface area (Å²) in [4.78, 5) is 29.6. The molecule has 2 aromatic rings. The van der Waals surface area contributed by atoms with Gasteiger partial charge >= 0.3 is 43.3 Å². The number of hydrogen-bond acceptors (Lipinski definition) is 4. The normalized spacial score (nSPS) is 10.4. The van der Waals surface area contributed by atoms with Crippen LogP contribution in [0, 0.1) is 0 Å². The van der Waals surface area contributed by atoms with E-state index in [0.29, 0.717) is 5.75 Å². The molecule has 0 saturated carbocycles. The van der Waals surface area contributed by atoms with Crippen LogP contribution in [0.5, 0.6) is 11.5 Å². The van der Waals surface area contributed by atoms with E-state index < -0.39 is 13.8 Å². The maximum atomic E-state index is 12.0. The molecule has 2 N–H and O–H groups in total. The Morgan fingerprint density at radius 3 is 2.14 bits per heavy atom. The van der Waals surface area contributed by atoms with Gasteiger partial charge < -0.3 is 9.26 Å². The number of carbonyl (C=O) groups excluding carboxylic acids is 1. The first kappa shape index (κ1) is 17.9. The first-order valence-corrected chi connectivity index (χ1v) is 7.10. The van der Waals surface area contributed by atoms with E-state index >= 15 is 0 Å². The van der Waals surface area contributed by atoms with Crippen LogP contribution in [0.3, 0.4) is 0 Å². The monoisotopic (exact) mass is 318 g/mol. The third-order valence-corrected chi connectivity index (χ3v) is 2.71. The Bertz CT molecular complexity index is 655. The van der Waals surface area contributed by atoms with E-state index in [9.17, 15) is 9.36 Å². The van der Waals surface area contributed by atoms with E-state index in [1.807, 2.05) is 0 Å². The second-order valence-electron chi connectivity index (χ2n) is 3.78. The van der Waals surface area contributed by atoms with E-state index in [1.165, 1.54) is 24.3 Å². The van der Waals surface area contributed by atoms with E-state index in [-0.39, 0.29) is 40.9 Å². The van der Waals surface area contributed by atoms with E-state index in [0.717, 1.165) is 0 Å². The van der Waals surface area contributed by atoms with Crippen LogP contribution in [0.25, 0.3) is 0 Å². The predicted molar refractivity (Wildman–Crippen MR) is 77.7 cm³/mol. The Morgan fingerprint density at radius 1 is 0.952 bits per heavy atom. The zero-order valence-electron chi connectivity index (χ0n) is 10.2. The Balaban J connectivity index is 0.00000220. The molecule has 0 aliphatic carbocycles. The number of hydrogen-bond donors (Lipinski definition) is 2. The van der Waals surface area contributed by atoms with Gasteiger partial charge in [-0.05, 0) is 24.3 Å². The van der Waals surface area contributed by atoms with Crippen LogP contribution in [-0.2, 0) is 4.57 Å². The van der Waals surface area contributed by atoms with Crippen molar-refractivity contribution in [3.8, 4) is 11.5 Å². The van der Waals surface area contributed by atoms with Crippen molar-refractivity contribution >= 4 is 43.3 Å². The average Bonchev–Trinajstić information content (AvgIpc) is 2.38. The van der Waals surface area contributed by atoms with Gasteiger partial charge in [-0.25, -0.2) is 9.36 Å². The van der Waals surface area contributed by atoms with Gasteiger partial charge in [0.1, 0.15) is 17.1 Å². The number of carbonyl (C=O) groups is 1. The summed E-state index contributed by atoms with van der Waals surface area (Å²) in [5.41, 5.74) is -0.0697. The fourth-order valence-corrected chi connectivity index (χ4v) is 1.91. The minimum absolute atomic E-state index is 0. The Labute approximate surface area is 143 Å². The van der Waals surface area contributed by atoms with Crippen LogP contribution in [0.15, 0.2) is 54.6 Å². The molecule has 0 atom stereocenters. The summed E-state index contributed by atoms with van der Waals surface area (Å²) in [6.07, 6.45) is 0. The molecule has 6 nitrogen and oxygen atoms in total. The summed E-state index contributed by atoms with van der Waals surface area (Å²) in [6, 6.07) is 14.0. The molecular formula is C13H12NaO6P. The van der Waals surface area contributed by atoms with Gasteiger partial charge in [0.05, 0.1) is 0 Å².